The van der Waals surface area contributed by atoms with E-state index in [-0.39, 0.29) is 12.0 Å². The van der Waals surface area contributed by atoms with Crippen LogP contribution in [0.1, 0.15) is 24.0 Å². The van der Waals surface area contributed by atoms with Gasteiger partial charge in [0, 0.05) is 31.6 Å². The van der Waals surface area contributed by atoms with Crippen LogP contribution >= 0.6 is 11.8 Å². The number of ether oxygens (including phenoxy) is 2. The lowest BCUT2D eigenvalue weighted by molar-refractivity contribution is -0.130. The van der Waals surface area contributed by atoms with Crippen LogP contribution in [0.3, 0.4) is 0 Å². The minimum Gasteiger partial charge on any atom is -0.497 e. The standard InChI is InChI=1S/C24H28N4O3S/c1-17-5-4-6-18(2)23(17)31-21-11-13-27(14-12-21)22(29)15-32-24-26-25-16-28(24)19-7-9-20(30-3)10-8-19/h4-10,16,21H,11-15H2,1-3H3. The first-order valence-electron chi connectivity index (χ1n) is 10.7. The third-order valence-electron chi connectivity index (χ3n) is 5.68. The summed E-state index contributed by atoms with van der Waals surface area (Å²) in [6.07, 6.45) is 3.48. The molecule has 0 N–H and O–H groups in total. The first-order chi connectivity index (χ1) is 15.5. The lowest BCUT2D eigenvalue weighted by Gasteiger charge is -2.32. The summed E-state index contributed by atoms with van der Waals surface area (Å²) in [5, 5.41) is 8.89. The number of piperidine rings is 1. The predicted octanol–water partition coefficient (Wildman–Crippen LogP) is 4.05. The third-order valence-corrected chi connectivity index (χ3v) is 6.61. The van der Waals surface area contributed by atoms with Gasteiger partial charge >= 0.3 is 0 Å². The van der Waals surface area contributed by atoms with Crippen molar-refractivity contribution < 1.29 is 14.3 Å². The Bertz CT molecular complexity index is 1040. The van der Waals surface area contributed by atoms with Gasteiger partial charge in [-0.2, -0.15) is 0 Å². The molecule has 0 bridgehead atoms. The fourth-order valence-corrected chi connectivity index (χ4v) is 4.67. The summed E-state index contributed by atoms with van der Waals surface area (Å²) in [7, 11) is 1.64. The number of carbonyl (C=O) groups is 1. The van der Waals surface area contributed by atoms with Gasteiger partial charge in [-0.05, 0) is 49.2 Å². The molecule has 1 saturated heterocycles. The molecule has 1 fully saturated rings. The summed E-state index contributed by atoms with van der Waals surface area (Å²) >= 11 is 1.40. The maximum atomic E-state index is 12.8. The zero-order valence-electron chi connectivity index (χ0n) is 18.7. The van der Waals surface area contributed by atoms with Gasteiger partial charge < -0.3 is 14.4 Å². The Morgan fingerprint density at radius 1 is 1.09 bits per heavy atom. The number of aryl methyl sites for hydroxylation is 2. The zero-order valence-corrected chi connectivity index (χ0v) is 19.5. The molecule has 0 saturated carbocycles. The second-order valence-electron chi connectivity index (χ2n) is 7.89. The Hall–Kier alpha value is -3.00. The number of para-hydroxylation sites is 1. The Labute approximate surface area is 192 Å². The first-order valence-corrected chi connectivity index (χ1v) is 11.7. The summed E-state index contributed by atoms with van der Waals surface area (Å²) in [6.45, 7) is 5.56. The second-order valence-corrected chi connectivity index (χ2v) is 8.83. The van der Waals surface area contributed by atoms with Gasteiger partial charge in [-0.25, -0.2) is 0 Å². The molecule has 4 rings (SSSR count). The number of hydrogen-bond acceptors (Lipinski definition) is 6. The molecule has 0 atom stereocenters. The number of likely N-dealkylation sites (tertiary alicyclic amines) is 1. The van der Waals surface area contributed by atoms with E-state index in [0.717, 1.165) is 41.2 Å². The molecule has 8 heteroatoms. The molecule has 1 aliphatic heterocycles. The van der Waals surface area contributed by atoms with Crippen LogP contribution in [0, 0.1) is 13.8 Å². The molecule has 1 aliphatic rings. The summed E-state index contributed by atoms with van der Waals surface area (Å²) in [4.78, 5) is 14.7. The number of hydrogen-bond donors (Lipinski definition) is 0. The van der Waals surface area contributed by atoms with Crippen LogP contribution in [-0.2, 0) is 4.79 Å². The second kappa shape index (κ2) is 10.1. The first kappa shape index (κ1) is 22.2. The van der Waals surface area contributed by atoms with E-state index in [4.69, 9.17) is 9.47 Å². The Balaban J connectivity index is 1.29. The number of methoxy groups -OCH3 is 1. The summed E-state index contributed by atoms with van der Waals surface area (Å²) in [5.41, 5.74) is 3.23. The van der Waals surface area contributed by atoms with Gasteiger partial charge in [-0.15, -0.1) is 10.2 Å². The molecule has 7 nitrogen and oxygen atoms in total. The minimum absolute atomic E-state index is 0.116. The zero-order chi connectivity index (χ0) is 22.5. The fourth-order valence-electron chi connectivity index (χ4n) is 3.84. The van der Waals surface area contributed by atoms with Gasteiger partial charge in [-0.1, -0.05) is 30.0 Å². The molecule has 168 valence electrons. The lowest BCUT2D eigenvalue weighted by atomic mass is 10.1. The molecular weight excluding hydrogens is 424 g/mol. The largest absolute Gasteiger partial charge is 0.497 e. The average Bonchev–Trinajstić information content (AvgIpc) is 3.29. The summed E-state index contributed by atoms with van der Waals surface area (Å²) < 4.78 is 13.4. The van der Waals surface area contributed by atoms with E-state index in [1.165, 1.54) is 11.8 Å². The SMILES string of the molecule is COc1ccc(-n2cnnc2SCC(=O)N2CCC(Oc3c(C)cccc3C)CC2)cc1. The van der Waals surface area contributed by atoms with E-state index < -0.39 is 0 Å². The highest BCUT2D eigenvalue weighted by molar-refractivity contribution is 7.99. The smallest absolute Gasteiger partial charge is 0.233 e. The number of rotatable bonds is 7. The van der Waals surface area contributed by atoms with Crippen molar-refractivity contribution in [2.45, 2.75) is 37.9 Å². The predicted molar refractivity (Wildman–Crippen MR) is 125 cm³/mol. The van der Waals surface area contributed by atoms with Gasteiger partial charge in [0.2, 0.25) is 5.91 Å². The van der Waals surface area contributed by atoms with Crippen molar-refractivity contribution in [3.63, 3.8) is 0 Å². The van der Waals surface area contributed by atoms with E-state index in [1.807, 2.05) is 39.8 Å². The number of amides is 1. The number of benzene rings is 2. The van der Waals surface area contributed by atoms with Crippen LogP contribution in [0.4, 0.5) is 0 Å². The van der Waals surface area contributed by atoms with Gasteiger partial charge in [0.15, 0.2) is 5.16 Å². The normalized spacial score (nSPS) is 14.4. The third kappa shape index (κ3) is 5.07. The molecule has 0 spiro atoms. The van der Waals surface area contributed by atoms with Crippen molar-refractivity contribution >= 4 is 17.7 Å². The summed E-state index contributed by atoms with van der Waals surface area (Å²) in [6, 6.07) is 13.8. The van der Waals surface area contributed by atoms with Crippen LogP contribution in [-0.4, -0.2) is 57.6 Å². The fraction of sp³-hybridized carbons (Fsp3) is 0.375. The molecule has 1 aromatic heterocycles. The Morgan fingerprint density at radius 2 is 1.78 bits per heavy atom. The van der Waals surface area contributed by atoms with Gasteiger partial charge in [0.25, 0.3) is 0 Å². The molecule has 1 amide bonds. The van der Waals surface area contributed by atoms with Crippen LogP contribution in [0.5, 0.6) is 11.5 Å². The van der Waals surface area contributed by atoms with Crippen LogP contribution in [0.2, 0.25) is 0 Å². The van der Waals surface area contributed by atoms with Crippen LogP contribution < -0.4 is 9.47 Å². The van der Waals surface area contributed by atoms with Crippen LogP contribution in [0.15, 0.2) is 53.9 Å². The Morgan fingerprint density at radius 3 is 2.44 bits per heavy atom. The molecule has 2 heterocycles. The van der Waals surface area contributed by atoms with Crippen molar-refractivity contribution in [2.75, 3.05) is 26.0 Å². The van der Waals surface area contributed by atoms with E-state index in [9.17, 15) is 4.79 Å². The lowest BCUT2D eigenvalue weighted by Crippen LogP contribution is -2.42. The number of carbonyl (C=O) groups excluding carboxylic acids is 1. The Kier molecular flexibility index (Phi) is 6.99. The van der Waals surface area contributed by atoms with Crippen LogP contribution in [0.25, 0.3) is 5.69 Å². The molecule has 2 aromatic carbocycles. The van der Waals surface area contributed by atoms with Crippen molar-refractivity contribution in [2.24, 2.45) is 0 Å². The molecule has 3 aromatic rings. The van der Waals surface area contributed by atoms with Crippen molar-refractivity contribution in [1.82, 2.24) is 19.7 Å². The molecule has 0 unspecified atom stereocenters. The van der Waals surface area contributed by atoms with E-state index in [0.29, 0.717) is 24.0 Å². The average molecular weight is 453 g/mol. The molecular formula is C24H28N4O3S. The monoisotopic (exact) mass is 452 g/mol. The maximum Gasteiger partial charge on any atom is 0.233 e. The van der Waals surface area contributed by atoms with E-state index in [2.05, 4.69) is 36.2 Å². The van der Waals surface area contributed by atoms with Gasteiger partial charge in [0.1, 0.15) is 23.9 Å². The highest BCUT2D eigenvalue weighted by Gasteiger charge is 2.25. The van der Waals surface area contributed by atoms with E-state index >= 15 is 0 Å². The van der Waals surface area contributed by atoms with E-state index in [1.54, 1.807) is 13.4 Å². The van der Waals surface area contributed by atoms with Gasteiger partial charge in [-0.3, -0.25) is 9.36 Å². The minimum atomic E-state index is 0.116. The molecule has 0 radical (unpaired) electrons. The number of thioether (sulfide) groups is 1. The molecule has 0 aliphatic carbocycles. The van der Waals surface area contributed by atoms with Gasteiger partial charge in [0.05, 0.1) is 12.9 Å². The maximum absolute atomic E-state index is 12.8. The summed E-state index contributed by atoms with van der Waals surface area (Å²) in [5.74, 6) is 2.21. The highest BCUT2D eigenvalue weighted by atomic mass is 32.2. The van der Waals surface area contributed by atoms with Crippen molar-refractivity contribution in [3.05, 3.63) is 59.9 Å². The topological polar surface area (TPSA) is 69.5 Å². The quantitative estimate of drug-likeness (QED) is 0.504. The number of aromatic nitrogens is 3. The molecule has 32 heavy (non-hydrogen) atoms. The number of nitrogens with zero attached hydrogens (tertiary/aromatic N) is 4. The van der Waals surface area contributed by atoms with Crippen molar-refractivity contribution in [1.29, 1.82) is 0 Å². The highest BCUT2D eigenvalue weighted by Crippen LogP contribution is 2.27. The van der Waals surface area contributed by atoms with Crippen molar-refractivity contribution in [3.8, 4) is 17.2 Å².